The van der Waals surface area contributed by atoms with E-state index in [0.29, 0.717) is 5.56 Å². The fraction of sp³-hybridized carbons (Fsp3) is 0.125. The van der Waals surface area contributed by atoms with Gasteiger partial charge in [-0.15, -0.1) is 0 Å². The number of carbonyl (C=O) groups is 1. The maximum Gasteiger partial charge on any atom is 0.159 e. The van der Waals surface area contributed by atoms with Gasteiger partial charge >= 0.3 is 0 Å². The molecule has 0 atom stereocenters. The van der Waals surface area contributed by atoms with E-state index in [2.05, 4.69) is 0 Å². The van der Waals surface area contributed by atoms with Gasteiger partial charge in [0.15, 0.2) is 5.78 Å². The quantitative estimate of drug-likeness (QED) is 0.559. The minimum absolute atomic E-state index is 0.0708. The van der Waals surface area contributed by atoms with Crippen molar-refractivity contribution in [2.75, 3.05) is 0 Å². The fourth-order valence-corrected chi connectivity index (χ4v) is 0.763. The molecule has 0 heterocycles. The van der Waals surface area contributed by atoms with Gasteiger partial charge in [-0.05, 0) is 25.1 Å². The molecule has 3 nitrogen and oxygen atoms in total. The Labute approximate surface area is 65.0 Å². The number of benzene rings is 1. The van der Waals surface area contributed by atoms with Crippen LogP contribution in [0, 0.1) is 0 Å². The summed E-state index contributed by atoms with van der Waals surface area (Å²) in [5.74, 6) is -0.0708. The maximum atomic E-state index is 10.8. The number of ketones is 1. The highest BCUT2D eigenvalue weighted by Gasteiger charge is 2.01. The van der Waals surface area contributed by atoms with Gasteiger partial charge in [-0.3, -0.25) is 16.3 Å². The molecular formula is C8H8N2O. The van der Waals surface area contributed by atoms with Gasteiger partial charge in [0.05, 0.1) is 11.4 Å². The van der Waals surface area contributed by atoms with E-state index in [1.54, 1.807) is 6.07 Å². The second kappa shape index (κ2) is 2.62. The Hall–Kier alpha value is -1.51. The van der Waals surface area contributed by atoms with E-state index in [1.807, 2.05) is 0 Å². The van der Waals surface area contributed by atoms with Crippen LogP contribution in [-0.2, 0) is 0 Å². The maximum absolute atomic E-state index is 10.8. The molecule has 2 radical (unpaired) electrons. The summed E-state index contributed by atoms with van der Waals surface area (Å²) >= 11 is 0. The topological polar surface area (TPSA) is 64.7 Å². The number of hydrogen-bond donors (Lipinski definition) is 0. The largest absolute Gasteiger partial charge is 0.299 e. The van der Waals surface area contributed by atoms with Gasteiger partial charge in [-0.25, -0.2) is 0 Å². The lowest BCUT2D eigenvalue weighted by Gasteiger charge is -1.98. The minimum Gasteiger partial charge on any atom is -0.299 e. The molecule has 1 aromatic rings. The van der Waals surface area contributed by atoms with E-state index < -0.39 is 0 Å². The van der Waals surface area contributed by atoms with Crippen LogP contribution in [0.25, 0.3) is 0 Å². The zero-order chi connectivity index (χ0) is 8.43. The van der Waals surface area contributed by atoms with E-state index in [0.717, 1.165) is 0 Å². The van der Waals surface area contributed by atoms with E-state index in [9.17, 15) is 4.79 Å². The van der Waals surface area contributed by atoms with Crippen molar-refractivity contribution in [3.05, 3.63) is 23.8 Å². The molecule has 0 spiro atoms. The second-order valence-electron chi connectivity index (χ2n) is 2.32. The molecule has 0 saturated heterocycles. The monoisotopic (exact) mass is 148 g/mol. The Bertz CT molecular complexity index is 294. The lowest BCUT2D eigenvalue weighted by molar-refractivity contribution is 0.101. The lowest BCUT2D eigenvalue weighted by Crippen LogP contribution is -1.91. The number of Topliss-reactive ketones (excluding diaryl/α,β-unsaturated/α-hetero) is 1. The molecule has 3 heteroatoms. The molecule has 2 N–H and O–H groups in total. The van der Waals surface area contributed by atoms with Crippen molar-refractivity contribution in [2.45, 2.75) is 6.92 Å². The van der Waals surface area contributed by atoms with Gasteiger partial charge in [0.25, 0.3) is 0 Å². The van der Waals surface area contributed by atoms with Gasteiger partial charge < -0.3 is 0 Å². The molecule has 0 aromatic heterocycles. The SMILES string of the molecule is CC(=O)c1ccc([NH])c([NH])c1. The third kappa shape index (κ3) is 1.49. The van der Waals surface area contributed by atoms with Crippen molar-refractivity contribution < 1.29 is 4.79 Å². The van der Waals surface area contributed by atoms with E-state index in [1.165, 1.54) is 19.1 Å². The number of nitrogens with one attached hydrogen (secondary N) is 2. The molecule has 56 valence electrons. The Morgan fingerprint density at radius 2 is 1.91 bits per heavy atom. The molecule has 0 saturated carbocycles. The van der Waals surface area contributed by atoms with Crippen LogP contribution in [0.1, 0.15) is 17.3 Å². The van der Waals surface area contributed by atoms with Crippen LogP contribution in [0.2, 0.25) is 0 Å². The van der Waals surface area contributed by atoms with Gasteiger partial charge in [0, 0.05) is 5.56 Å². The minimum atomic E-state index is -0.0708. The predicted molar refractivity (Wildman–Crippen MR) is 42.0 cm³/mol. The summed E-state index contributed by atoms with van der Waals surface area (Å²) in [6.45, 7) is 1.44. The molecule has 11 heavy (non-hydrogen) atoms. The molecular weight excluding hydrogens is 140 g/mol. The van der Waals surface area contributed by atoms with Crippen LogP contribution in [0.3, 0.4) is 0 Å². The average Bonchev–Trinajstić information content (AvgIpc) is 1.94. The Kier molecular flexibility index (Phi) is 1.81. The van der Waals surface area contributed by atoms with Crippen LogP contribution in [0.4, 0.5) is 11.4 Å². The zero-order valence-electron chi connectivity index (χ0n) is 6.14. The third-order valence-corrected chi connectivity index (χ3v) is 1.43. The highest BCUT2D eigenvalue weighted by molar-refractivity contribution is 5.95. The summed E-state index contributed by atoms with van der Waals surface area (Å²) in [6, 6.07) is 4.42. The molecule has 0 aliphatic heterocycles. The van der Waals surface area contributed by atoms with Crippen molar-refractivity contribution in [3.8, 4) is 0 Å². The van der Waals surface area contributed by atoms with Crippen LogP contribution >= 0.6 is 0 Å². The first-order valence-electron chi connectivity index (χ1n) is 3.19. The Balaban J connectivity index is 3.15. The highest BCUT2D eigenvalue weighted by atomic mass is 16.1. The highest BCUT2D eigenvalue weighted by Crippen LogP contribution is 2.18. The first kappa shape index (κ1) is 7.60. The summed E-state index contributed by atoms with van der Waals surface area (Å²) in [7, 11) is 0. The summed E-state index contributed by atoms with van der Waals surface area (Å²) in [4.78, 5) is 10.8. The van der Waals surface area contributed by atoms with Gasteiger partial charge in [-0.1, -0.05) is 0 Å². The summed E-state index contributed by atoms with van der Waals surface area (Å²) in [5, 5.41) is 0. The van der Waals surface area contributed by atoms with Crippen molar-refractivity contribution in [1.29, 1.82) is 0 Å². The van der Waals surface area contributed by atoms with E-state index in [-0.39, 0.29) is 17.2 Å². The van der Waals surface area contributed by atoms with Crippen molar-refractivity contribution in [3.63, 3.8) is 0 Å². The average molecular weight is 148 g/mol. The second-order valence-corrected chi connectivity index (χ2v) is 2.32. The number of rotatable bonds is 1. The Morgan fingerprint density at radius 1 is 1.27 bits per heavy atom. The molecule has 0 unspecified atom stereocenters. The first-order valence-corrected chi connectivity index (χ1v) is 3.19. The van der Waals surface area contributed by atoms with Crippen molar-refractivity contribution in [2.24, 2.45) is 0 Å². The van der Waals surface area contributed by atoms with E-state index >= 15 is 0 Å². The van der Waals surface area contributed by atoms with Crippen molar-refractivity contribution in [1.82, 2.24) is 11.5 Å². The molecule has 0 aliphatic carbocycles. The lowest BCUT2D eigenvalue weighted by atomic mass is 10.1. The third-order valence-electron chi connectivity index (χ3n) is 1.43. The summed E-state index contributed by atoms with van der Waals surface area (Å²) in [5.41, 5.74) is 15.1. The summed E-state index contributed by atoms with van der Waals surface area (Å²) in [6.07, 6.45) is 0. The fourth-order valence-electron chi connectivity index (χ4n) is 0.763. The summed E-state index contributed by atoms with van der Waals surface area (Å²) < 4.78 is 0. The van der Waals surface area contributed by atoms with Crippen LogP contribution in [0.5, 0.6) is 0 Å². The standard InChI is InChI=1S/C8H8N2O/c1-5(11)6-2-3-7(9)8(10)4-6/h2-4,9-10H,1H3. The first-order chi connectivity index (χ1) is 5.11. The normalized spacial score (nSPS) is 9.55. The van der Waals surface area contributed by atoms with Crippen LogP contribution in [-0.4, -0.2) is 5.78 Å². The molecule has 0 fully saturated rings. The van der Waals surface area contributed by atoms with Crippen molar-refractivity contribution >= 4 is 17.2 Å². The van der Waals surface area contributed by atoms with E-state index in [4.69, 9.17) is 11.5 Å². The molecule has 0 aliphatic rings. The molecule has 1 aromatic carbocycles. The van der Waals surface area contributed by atoms with Gasteiger partial charge in [0.2, 0.25) is 0 Å². The number of carbonyl (C=O) groups excluding carboxylic acids is 1. The van der Waals surface area contributed by atoms with Gasteiger partial charge in [0.1, 0.15) is 0 Å². The predicted octanol–water partition coefficient (Wildman–Crippen LogP) is 1.72. The van der Waals surface area contributed by atoms with Crippen LogP contribution < -0.4 is 11.5 Å². The molecule has 0 amide bonds. The Morgan fingerprint density at radius 3 is 2.36 bits per heavy atom. The molecule has 1 rings (SSSR count). The van der Waals surface area contributed by atoms with Crippen LogP contribution in [0.15, 0.2) is 18.2 Å². The van der Waals surface area contributed by atoms with Gasteiger partial charge in [-0.2, -0.15) is 0 Å². The zero-order valence-corrected chi connectivity index (χ0v) is 6.14. The number of hydrogen-bond acceptors (Lipinski definition) is 1. The smallest absolute Gasteiger partial charge is 0.159 e. The molecule has 0 bridgehead atoms.